The fraction of sp³-hybridized carbons (Fsp3) is 0.0588. The first kappa shape index (κ1) is 15.4. The van der Waals surface area contributed by atoms with E-state index in [1.54, 1.807) is 12.1 Å². The molecule has 0 saturated carbocycles. The van der Waals surface area contributed by atoms with Gasteiger partial charge >= 0.3 is 6.03 Å². The molecular formula is C17H12BrFN2O2. The SMILES string of the molecule is O=C1N/C(=C\c2ccc(F)cc2)C(=O)N1Cc1ccc(Br)cc1. The fourth-order valence-corrected chi connectivity index (χ4v) is 2.48. The van der Waals surface area contributed by atoms with Gasteiger partial charge in [0.05, 0.1) is 6.54 Å². The number of nitrogens with zero attached hydrogens (tertiary/aromatic N) is 1. The summed E-state index contributed by atoms with van der Waals surface area (Å²) in [6.07, 6.45) is 1.53. The lowest BCUT2D eigenvalue weighted by Crippen LogP contribution is -2.30. The van der Waals surface area contributed by atoms with E-state index in [0.29, 0.717) is 5.56 Å². The molecular weight excluding hydrogens is 363 g/mol. The van der Waals surface area contributed by atoms with Gasteiger partial charge in [0.25, 0.3) is 5.91 Å². The van der Waals surface area contributed by atoms with Crippen LogP contribution in [0, 0.1) is 5.82 Å². The Bertz CT molecular complexity index is 785. The molecule has 0 bridgehead atoms. The van der Waals surface area contributed by atoms with E-state index in [0.717, 1.165) is 14.9 Å². The Morgan fingerprint density at radius 1 is 1.04 bits per heavy atom. The summed E-state index contributed by atoms with van der Waals surface area (Å²) in [4.78, 5) is 25.5. The summed E-state index contributed by atoms with van der Waals surface area (Å²) in [7, 11) is 0. The lowest BCUT2D eigenvalue weighted by molar-refractivity contribution is -0.123. The minimum atomic E-state index is -0.466. The van der Waals surface area contributed by atoms with Gasteiger partial charge in [-0.15, -0.1) is 0 Å². The number of amides is 3. The molecule has 0 radical (unpaired) electrons. The first-order chi connectivity index (χ1) is 11.0. The molecule has 3 amide bonds. The summed E-state index contributed by atoms with van der Waals surface area (Å²) in [6, 6.07) is 12.6. The maximum atomic E-state index is 12.9. The van der Waals surface area contributed by atoms with Crippen LogP contribution in [0.2, 0.25) is 0 Å². The molecule has 4 nitrogen and oxygen atoms in total. The van der Waals surface area contributed by atoms with Gasteiger partial charge in [0.15, 0.2) is 0 Å². The number of benzene rings is 2. The highest BCUT2D eigenvalue weighted by Crippen LogP contribution is 2.18. The molecule has 0 spiro atoms. The molecule has 1 heterocycles. The van der Waals surface area contributed by atoms with Crippen LogP contribution in [-0.2, 0) is 11.3 Å². The molecule has 3 rings (SSSR count). The molecule has 1 saturated heterocycles. The van der Waals surface area contributed by atoms with Crippen LogP contribution in [-0.4, -0.2) is 16.8 Å². The molecule has 2 aromatic rings. The molecule has 1 N–H and O–H groups in total. The third-order valence-electron chi connectivity index (χ3n) is 3.40. The van der Waals surface area contributed by atoms with Gasteiger partial charge < -0.3 is 5.32 Å². The molecule has 1 aliphatic rings. The topological polar surface area (TPSA) is 49.4 Å². The number of carbonyl (C=O) groups is 2. The lowest BCUT2D eigenvalue weighted by Gasteiger charge is -2.11. The van der Waals surface area contributed by atoms with Gasteiger partial charge in [0.1, 0.15) is 11.5 Å². The average molecular weight is 375 g/mol. The van der Waals surface area contributed by atoms with Gasteiger partial charge in [-0.25, -0.2) is 9.18 Å². The van der Waals surface area contributed by atoms with Crippen molar-refractivity contribution in [3.63, 3.8) is 0 Å². The van der Waals surface area contributed by atoms with Crippen molar-refractivity contribution in [3.05, 3.63) is 75.6 Å². The molecule has 6 heteroatoms. The van der Waals surface area contributed by atoms with Gasteiger partial charge in [-0.05, 0) is 41.5 Å². The van der Waals surface area contributed by atoms with Crippen LogP contribution in [0.1, 0.15) is 11.1 Å². The van der Waals surface area contributed by atoms with Gasteiger partial charge in [-0.2, -0.15) is 0 Å². The van der Waals surface area contributed by atoms with E-state index in [1.165, 1.54) is 18.2 Å². The van der Waals surface area contributed by atoms with Gasteiger partial charge in [-0.3, -0.25) is 9.69 Å². The summed E-state index contributed by atoms with van der Waals surface area (Å²) < 4.78 is 13.8. The lowest BCUT2D eigenvalue weighted by atomic mass is 10.2. The van der Waals surface area contributed by atoms with E-state index in [2.05, 4.69) is 21.2 Å². The highest BCUT2D eigenvalue weighted by atomic mass is 79.9. The van der Waals surface area contributed by atoms with Crippen molar-refractivity contribution in [1.29, 1.82) is 0 Å². The van der Waals surface area contributed by atoms with Crippen LogP contribution in [0.3, 0.4) is 0 Å². The van der Waals surface area contributed by atoms with Crippen molar-refractivity contribution < 1.29 is 14.0 Å². The zero-order chi connectivity index (χ0) is 16.4. The van der Waals surface area contributed by atoms with Crippen LogP contribution in [0.5, 0.6) is 0 Å². The highest BCUT2D eigenvalue weighted by Gasteiger charge is 2.33. The first-order valence-corrected chi connectivity index (χ1v) is 7.67. The maximum absolute atomic E-state index is 12.9. The molecule has 116 valence electrons. The largest absolute Gasteiger partial charge is 0.329 e. The summed E-state index contributed by atoms with van der Waals surface area (Å²) >= 11 is 3.34. The Kier molecular flexibility index (Phi) is 4.25. The Labute approximate surface area is 140 Å². The molecule has 23 heavy (non-hydrogen) atoms. The van der Waals surface area contributed by atoms with Crippen molar-refractivity contribution in [1.82, 2.24) is 10.2 Å². The predicted molar refractivity (Wildman–Crippen MR) is 87.6 cm³/mol. The second-order valence-corrected chi connectivity index (χ2v) is 5.97. The number of carbonyl (C=O) groups excluding carboxylic acids is 2. The molecule has 0 unspecified atom stereocenters. The van der Waals surface area contributed by atoms with Crippen molar-refractivity contribution in [3.8, 4) is 0 Å². The minimum Gasteiger partial charge on any atom is -0.303 e. The van der Waals surface area contributed by atoms with E-state index in [9.17, 15) is 14.0 Å². The van der Waals surface area contributed by atoms with E-state index in [-0.39, 0.29) is 18.1 Å². The van der Waals surface area contributed by atoms with Crippen LogP contribution < -0.4 is 5.32 Å². The normalized spacial score (nSPS) is 16.1. The average Bonchev–Trinajstić information content (AvgIpc) is 2.79. The first-order valence-electron chi connectivity index (χ1n) is 6.87. The number of imide groups is 1. The Hall–Kier alpha value is -2.47. The minimum absolute atomic E-state index is 0.179. The second kappa shape index (κ2) is 6.34. The third-order valence-corrected chi connectivity index (χ3v) is 3.93. The smallest absolute Gasteiger partial charge is 0.303 e. The monoisotopic (exact) mass is 374 g/mol. The Morgan fingerprint density at radius 3 is 2.35 bits per heavy atom. The maximum Gasteiger partial charge on any atom is 0.329 e. The van der Waals surface area contributed by atoms with Crippen molar-refractivity contribution >= 4 is 33.9 Å². The van der Waals surface area contributed by atoms with Gasteiger partial charge in [0.2, 0.25) is 0 Å². The quantitative estimate of drug-likeness (QED) is 0.657. The number of halogens is 2. The number of urea groups is 1. The van der Waals surface area contributed by atoms with E-state index < -0.39 is 11.9 Å². The second-order valence-electron chi connectivity index (χ2n) is 5.06. The molecule has 1 fully saturated rings. The van der Waals surface area contributed by atoms with Crippen molar-refractivity contribution in [2.24, 2.45) is 0 Å². The Morgan fingerprint density at radius 2 is 1.70 bits per heavy atom. The summed E-state index contributed by atoms with van der Waals surface area (Å²) in [6.45, 7) is 0.193. The van der Waals surface area contributed by atoms with Crippen LogP contribution in [0.15, 0.2) is 58.7 Å². The zero-order valence-electron chi connectivity index (χ0n) is 11.9. The number of nitrogens with one attached hydrogen (secondary N) is 1. The fourth-order valence-electron chi connectivity index (χ4n) is 2.21. The summed E-state index contributed by atoms with van der Waals surface area (Å²) in [5, 5.41) is 2.54. The molecule has 0 atom stereocenters. The number of rotatable bonds is 3. The van der Waals surface area contributed by atoms with Crippen LogP contribution in [0.4, 0.5) is 9.18 Å². The molecule has 0 aliphatic carbocycles. The van der Waals surface area contributed by atoms with Gasteiger partial charge in [-0.1, -0.05) is 40.2 Å². The van der Waals surface area contributed by atoms with Crippen molar-refractivity contribution in [2.75, 3.05) is 0 Å². The standard InChI is InChI=1S/C17H12BrFN2O2/c18-13-5-1-12(2-6-13)10-21-16(22)15(20-17(21)23)9-11-3-7-14(19)8-4-11/h1-9H,10H2,(H,20,23)/b15-9-. The van der Waals surface area contributed by atoms with Crippen molar-refractivity contribution in [2.45, 2.75) is 6.54 Å². The predicted octanol–water partition coefficient (Wildman–Crippen LogP) is 3.68. The van der Waals surface area contributed by atoms with E-state index in [1.807, 2.05) is 24.3 Å². The Balaban J connectivity index is 1.79. The van der Waals surface area contributed by atoms with E-state index >= 15 is 0 Å². The van der Waals surface area contributed by atoms with Crippen LogP contribution >= 0.6 is 15.9 Å². The number of hydrogen-bond donors (Lipinski definition) is 1. The third kappa shape index (κ3) is 3.48. The zero-order valence-corrected chi connectivity index (χ0v) is 13.5. The molecule has 1 aliphatic heterocycles. The highest BCUT2D eigenvalue weighted by molar-refractivity contribution is 9.10. The molecule has 2 aromatic carbocycles. The number of hydrogen-bond acceptors (Lipinski definition) is 2. The molecule has 0 aromatic heterocycles. The van der Waals surface area contributed by atoms with Gasteiger partial charge in [0, 0.05) is 4.47 Å². The summed E-state index contributed by atoms with van der Waals surface area (Å²) in [5.74, 6) is -0.756. The van der Waals surface area contributed by atoms with E-state index in [4.69, 9.17) is 0 Å². The summed E-state index contributed by atoms with van der Waals surface area (Å²) in [5.41, 5.74) is 1.67. The van der Waals surface area contributed by atoms with Crippen LogP contribution in [0.25, 0.3) is 6.08 Å².